The fourth-order valence-corrected chi connectivity index (χ4v) is 1.84. The van der Waals surface area contributed by atoms with E-state index in [-0.39, 0.29) is 11.5 Å². The van der Waals surface area contributed by atoms with Crippen LogP contribution in [0.1, 0.15) is 50.5 Å². The highest BCUT2D eigenvalue weighted by atomic mass is 16.5. The molecule has 3 heteroatoms. The number of benzene rings is 1. The fraction of sp³-hybridized carbons (Fsp3) is 0.500. The highest BCUT2D eigenvalue weighted by molar-refractivity contribution is 5.89. The summed E-state index contributed by atoms with van der Waals surface area (Å²) in [6.07, 6.45) is 2.18. The Balaban J connectivity index is 2.88. The van der Waals surface area contributed by atoms with Gasteiger partial charge in [0.1, 0.15) is 0 Å². The number of hydrogen-bond donors (Lipinski definition) is 1. The second kappa shape index (κ2) is 7.41. The summed E-state index contributed by atoms with van der Waals surface area (Å²) in [6.45, 7) is 11.7. The molecule has 0 fully saturated rings. The molecule has 0 radical (unpaired) electrons. The van der Waals surface area contributed by atoms with E-state index in [1.165, 1.54) is 12.7 Å². The molecule has 116 valence electrons. The Kier molecular flexibility index (Phi) is 6.16. The minimum Gasteiger partial charge on any atom is -0.465 e. The summed E-state index contributed by atoms with van der Waals surface area (Å²) in [5.74, 6) is 0.171. The van der Waals surface area contributed by atoms with E-state index in [9.17, 15) is 4.79 Å². The van der Waals surface area contributed by atoms with Gasteiger partial charge in [-0.1, -0.05) is 37.6 Å². The second-order valence-corrected chi connectivity index (χ2v) is 6.59. The summed E-state index contributed by atoms with van der Waals surface area (Å²) in [4.78, 5) is 11.4. The molecule has 0 atom stereocenters. The molecule has 0 unspecified atom stereocenters. The summed E-state index contributed by atoms with van der Waals surface area (Å²) in [7, 11) is 1.39. The number of hydrogen-bond acceptors (Lipinski definition) is 3. The lowest BCUT2D eigenvalue weighted by atomic mass is 9.98. The van der Waals surface area contributed by atoms with Crippen LogP contribution in [0.25, 0.3) is 6.08 Å². The molecule has 0 amide bonds. The lowest BCUT2D eigenvalue weighted by molar-refractivity contribution is 0.0600. The van der Waals surface area contributed by atoms with Crippen molar-refractivity contribution in [3.05, 3.63) is 41.0 Å². The van der Waals surface area contributed by atoms with E-state index in [0.29, 0.717) is 11.5 Å². The van der Waals surface area contributed by atoms with E-state index in [1.54, 1.807) is 12.1 Å². The Bertz CT molecular complexity index is 493. The standard InChI is InChI=1S/C18H27NO2/c1-13(2)16(12-19-18(3,4)5)11-14-7-9-15(10-8-14)17(20)21-6/h7-11,13,19H,12H2,1-6H3. The topological polar surface area (TPSA) is 38.3 Å². The average molecular weight is 289 g/mol. The van der Waals surface area contributed by atoms with Crippen LogP contribution in [0.3, 0.4) is 0 Å². The van der Waals surface area contributed by atoms with Gasteiger partial charge in [-0.3, -0.25) is 0 Å². The lowest BCUT2D eigenvalue weighted by Crippen LogP contribution is -2.37. The van der Waals surface area contributed by atoms with E-state index in [2.05, 4.69) is 46.0 Å². The Hall–Kier alpha value is -1.61. The van der Waals surface area contributed by atoms with Crippen molar-refractivity contribution in [1.82, 2.24) is 5.32 Å². The van der Waals surface area contributed by atoms with E-state index in [0.717, 1.165) is 12.1 Å². The van der Waals surface area contributed by atoms with Crippen LogP contribution < -0.4 is 5.32 Å². The van der Waals surface area contributed by atoms with Crippen molar-refractivity contribution < 1.29 is 9.53 Å². The maximum Gasteiger partial charge on any atom is 0.337 e. The zero-order valence-corrected chi connectivity index (χ0v) is 14.0. The van der Waals surface area contributed by atoms with E-state index >= 15 is 0 Å². The number of carbonyl (C=O) groups is 1. The third-order valence-electron chi connectivity index (χ3n) is 3.25. The number of methoxy groups -OCH3 is 1. The molecule has 0 aliphatic carbocycles. The normalized spacial score (nSPS) is 12.6. The van der Waals surface area contributed by atoms with Gasteiger partial charge in [-0.15, -0.1) is 0 Å². The minimum atomic E-state index is -0.302. The SMILES string of the molecule is COC(=O)c1ccc(C=C(CNC(C)(C)C)C(C)C)cc1. The minimum absolute atomic E-state index is 0.0999. The molecule has 1 rings (SSSR count). The molecule has 0 saturated heterocycles. The summed E-state index contributed by atoms with van der Waals surface area (Å²) in [5.41, 5.74) is 3.12. The van der Waals surface area contributed by atoms with Crippen LogP contribution in [0.5, 0.6) is 0 Å². The molecule has 1 aromatic carbocycles. The van der Waals surface area contributed by atoms with Crippen molar-refractivity contribution in [2.45, 2.75) is 40.2 Å². The lowest BCUT2D eigenvalue weighted by Gasteiger charge is -2.23. The first-order valence-electron chi connectivity index (χ1n) is 7.37. The summed E-state index contributed by atoms with van der Waals surface area (Å²) in [5, 5.41) is 3.52. The number of nitrogens with one attached hydrogen (secondary N) is 1. The predicted molar refractivity (Wildman–Crippen MR) is 88.4 cm³/mol. The van der Waals surface area contributed by atoms with Gasteiger partial charge in [0, 0.05) is 12.1 Å². The Morgan fingerprint density at radius 3 is 2.24 bits per heavy atom. The third kappa shape index (κ3) is 6.13. The highest BCUT2D eigenvalue weighted by Crippen LogP contribution is 2.16. The molecule has 0 heterocycles. The molecule has 0 bridgehead atoms. The first-order chi connectivity index (χ1) is 9.73. The third-order valence-corrected chi connectivity index (χ3v) is 3.25. The van der Waals surface area contributed by atoms with Crippen LogP contribution in [0.2, 0.25) is 0 Å². The number of carbonyl (C=O) groups excluding carboxylic acids is 1. The van der Waals surface area contributed by atoms with Gasteiger partial charge in [0.05, 0.1) is 12.7 Å². The molecule has 0 saturated carbocycles. The molecule has 0 aliphatic rings. The molecule has 0 spiro atoms. The monoisotopic (exact) mass is 289 g/mol. The summed E-state index contributed by atoms with van der Waals surface area (Å²) in [6, 6.07) is 7.50. The van der Waals surface area contributed by atoms with Crippen LogP contribution >= 0.6 is 0 Å². The Morgan fingerprint density at radius 1 is 1.24 bits per heavy atom. The maximum absolute atomic E-state index is 11.4. The maximum atomic E-state index is 11.4. The summed E-state index contributed by atoms with van der Waals surface area (Å²) >= 11 is 0. The largest absolute Gasteiger partial charge is 0.465 e. The Morgan fingerprint density at radius 2 is 1.81 bits per heavy atom. The van der Waals surface area contributed by atoms with Crippen LogP contribution in [-0.2, 0) is 4.74 Å². The smallest absolute Gasteiger partial charge is 0.337 e. The molecule has 1 aromatic rings. The molecular weight excluding hydrogens is 262 g/mol. The second-order valence-electron chi connectivity index (χ2n) is 6.59. The highest BCUT2D eigenvalue weighted by Gasteiger charge is 2.11. The van der Waals surface area contributed by atoms with Crippen LogP contribution in [-0.4, -0.2) is 25.2 Å². The van der Waals surface area contributed by atoms with Gasteiger partial charge in [-0.05, 0) is 44.4 Å². The molecular formula is C18H27NO2. The van der Waals surface area contributed by atoms with E-state index in [1.807, 2.05) is 12.1 Å². The van der Waals surface area contributed by atoms with Gasteiger partial charge >= 0.3 is 5.97 Å². The van der Waals surface area contributed by atoms with Gasteiger partial charge in [0.25, 0.3) is 0 Å². The number of rotatable bonds is 5. The van der Waals surface area contributed by atoms with Gasteiger partial charge in [-0.2, -0.15) is 0 Å². The van der Waals surface area contributed by atoms with Crippen LogP contribution in [0.4, 0.5) is 0 Å². The van der Waals surface area contributed by atoms with Gasteiger partial charge in [0.2, 0.25) is 0 Å². The molecule has 1 N–H and O–H groups in total. The zero-order valence-electron chi connectivity index (χ0n) is 14.0. The summed E-state index contributed by atoms with van der Waals surface area (Å²) < 4.78 is 4.71. The first-order valence-corrected chi connectivity index (χ1v) is 7.37. The van der Waals surface area contributed by atoms with Crippen molar-refractivity contribution in [2.24, 2.45) is 5.92 Å². The van der Waals surface area contributed by atoms with Crippen molar-refractivity contribution in [1.29, 1.82) is 0 Å². The molecule has 3 nitrogen and oxygen atoms in total. The quantitative estimate of drug-likeness (QED) is 0.835. The zero-order chi connectivity index (χ0) is 16.0. The van der Waals surface area contributed by atoms with Crippen molar-refractivity contribution in [2.75, 3.05) is 13.7 Å². The fourth-order valence-electron chi connectivity index (χ4n) is 1.84. The predicted octanol–water partition coefficient (Wildman–Crippen LogP) is 3.90. The van der Waals surface area contributed by atoms with Crippen molar-refractivity contribution in [3.63, 3.8) is 0 Å². The van der Waals surface area contributed by atoms with Crippen LogP contribution in [0, 0.1) is 5.92 Å². The average Bonchev–Trinajstić information content (AvgIpc) is 2.42. The van der Waals surface area contributed by atoms with Crippen LogP contribution in [0.15, 0.2) is 29.8 Å². The molecule has 0 aromatic heterocycles. The van der Waals surface area contributed by atoms with Gasteiger partial charge in [-0.25, -0.2) is 4.79 Å². The van der Waals surface area contributed by atoms with Crippen molar-refractivity contribution >= 4 is 12.0 Å². The van der Waals surface area contributed by atoms with Gasteiger partial charge in [0.15, 0.2) is 0 Å². The molecule has 21 heavy (non-hydrogen) atoms. The van der Waals surface area contributed by atoms with Gasteiger partial charge < -0.3 is 10.1 Å². The van der Waals surface area contributed by atoms with E-state index < -0.39 is 0 Å². The van der Waals surface area contributed by atoms with Crippen molar-refractivity contribution in [3.8, 4) is 0 Å². The molecule has 0 aliphatic heterocycles. The Labute approximate surface area is 128 Å². The van der Waals surface area contributed by atoms with E-state index in [4.69, 9.17) is 4.74 Å². The number of ether oxygens (including phenoxy) is 1. The first kappa shape index (κ1) is 17.4. The number of esters is 1.